The molecule has 0 aliphatic heterocycles. The van der Waals surface area contributed by atoms with Crippen LogP contribution in [0.2, 0.25) is 0 Å². The lowest BCUT2D eigenvalue weighted by atomic mass is 10.0. The number of aliphatic hydroxyl groups is 1. The number of aliphatic hydroxyl groups excluding tert-OH is 1. The fraction of sp³-hybridized carbons (Fsp3) is 0.167. The summed E-state index contributed by atoms with van der Waals surface area (Å²) < 4.78 is 15.9. The van der Waals surface area contributed by atoms with E-state index in [2.05, 4.69) is 5.16 Å². The molecule has 0 aliphatic rings. The quantitative estimate of drug-likeness (QED) is 0.781. The molecule has 0 radical (unpaired) electrons. The van der Waals surface area contributed by atoms with E-state index in [1.165, 1.54) is 0 Å². The molecule has 23 heavy (non-hydrogen) atoms. The van der Waals surface area contributed by atoms with Gasteiger partial charge in [-0.1, -0.05) is 17.3 Å². The van der Waals surface area contributed by atoms with E-state index >= 15 is 0 Å². The molecular formula is C18H17NO4. The highest BCUT2D eigenvalue weighted by Gasteiger charge is 2.18. The molecule has 0 fully saturated rings. The Kier molecular flexibility index (Phi) is 4.30. The molecular weight excluding hydrogens is 294 g/mol. The van der Waals surface area contributed by atoms with Gasteiger partial charge in [0.15, 0.2) is 5.76 Å². The molecule has 0 saturated heterocycles. The van der Waals surface area contributed by atoms with Crippen molar-refractivity contribution in [2.75, 3.05) is 14.2 Å². The highest BCUT2D eigenvalue weighted by atomic mass is 16.5. The molecule has 1 aromatic heterocycles. The van der Waals surface area contributed by atoms with Gasteiger partial charge < -0.3 is 19.1 Å². The van der Waals surface area contributed by atoms with Crippen LogP contribution in [-0.2, 0) is 6.61 Å². The van der Waals surface area contributed by atoms with Gasteiger partial charge in [0.25, 0.3) is 0 Å². The van der Waals surface area contributed by atoms with Crippen molar-refractivity contribution in [3.05, 3.63) is 54.1 Å². The second kappa shape index (κ2) is 6.54. The Morgan fingerprint density at radius 1 is 0.957 bits per heavy atom. The van der Waals surface area contributed by atoms with E-state index < -0.39 is 0 Å². The van der Waals surface area contributed by atoms with E-state index in [1.54, 1.807) is 14.2 Å². The van der Waals surface area contributed by atoms with Crippen LogP contribution >= 0.6 is 0 Å². The fourth-order valence-electron chi connectivity index (χ4n) is 2.42. The largest absolute Gasteiger partial charge is 0.497 e. The van der Waals surface area contributed by atoms with Gasteiger partial charge in [0.1, 0.15) is 17.2 Å². The maximum absolute atomic E-state index is 9.78. The Balaban J connectivity index is 2.05. The Hall–Kier alpha value is -2.79. The third-order valence-electron chi connectivity index (χ3n) is 3.64. The number of rotatable bonds is 5. The Morgan fingerprint density at radius 2 is 1.70 bits per heavy atom. The molecule has 0 unspecified atom stereocenters. The van der Waals surface area contributed by atoms with Crippen molar-refractivity contribution >= 4 is 0 Å². The Labute approximate surface area is 134 Å². The van der Waals surface area contributed by atoms with Crippen molar-refractivity contribution in [2.24, 2.45) is 0 Å². The molecule has 3 aromatic rings. The highest BCUT2D eigenvalue weighted by molar-refractivity contribution is 5.73. The number of aromatic nitrogens is 1. The van der Waals surface area contributed by atoms with Gasteiger partial charge >= 0.3 is 0 Å². The summed E-state index contributed by atoms with van der Waals surface area (Å²) in [5.41, 5.74) is 2.91. The van der Waals surface area contributed by atoms with Gasteiger partial charge in [-0.15, -0.1) is 0 Å². The van der Waals surface area contributed by atoms with Crippen molar-refractivity contribution in [1.29, 1.82) is 0 Å². The maximum atomic E-state index is 9.78. The average Bonchev–Trinajstić information content (AvgIpc) is 3.05. The third kappa shape index (κ3) is 2.91. The first-order chi connectivity index (χ1) is 11.3. The summed E-state index contributed by atoms with van der Waals surface area (Å²) >= 11 is 0. The predicted octanol–water partition coefficient (Wildman–Crippen LogP) is 3.52. The molecule has 1 N–H and O–H groups in total. The van der Waals surface area contributed by atoms with Crippen LogP contribution in [0.25, 0.3) is 22.6 Å². The van der Waals surface area contributed by atoms with Gasteiger partial charge in [-0.2, -0.15) is 0 Å². The van der Waals surface area contributed by atoms with Gasteiger partial charge in [0.05, 0.1) is 26.4 Å². The van der Waals surface area contributed by atoms with Gasteiger partial charge in [-0.05, 0) is 36.4 Å². The van der Waals surface area contributed by atoms with Crippen LogP contribution in [0.3, 0.4) is 0 Å². The van der Waals surface area contributed by atoms with Crippen molar-refractivity contribution in [3.63, 3.8) is 0 Å². The summed E-state index contributed by atoms with van der Waals surface area (Å²) in [6.07, 6.45) is 0. The first-order valence-corrected chi connectivity index (χ1v) is 7.15. The van der Waals surface area contributed by atoms with E-state index in [0.29, 0.717) is 17.0 Å². The minimum Gasteiger partial charge on any atom is -0.497 e. The molecule has 118 valence electrons. The summed E-state index contributed by atoms with van der Waals surface area (Å²) in [7, 11) is 3.22. The molecule has 0 bridgehead atoms. The average molecular weight is 311 g/mol. The second-order valence-electron chi connectivity index (χ2n) is 4.96. The zero-order chi connectivity index (χ0) is 16.2. The van der Waals surface area contributed by atoms with E-state index in [1.807, 2.05) is 48.5 Å². The first kappa shape index (κ1) is 15.1. The topological polar surface area (TPSA) is 64.7 Å². The molecule has 5 nitrogen and oxygen atoms in total. The van der Waals surface area contributed by atoms with Gasteiger partial charge in [0.2, 0.25) is 0 Å². The number of methoxy groups -OCH3 is 2. The zero-order valence-electron chi connectivity index (χ0n) is 12.9. The van der Waals surface area contributed by atoms with Gasteiger partial charge in [-0.25, -0.2) is 0 Å². The Morgan fingerprint density at radius 3 is 2.35 bits per heavy atom. The summed E-state index contributed by atoms with van der Waals surface area (Å²) in [4.78, 5) is 0. The molecule has 0 atom stereocenters. The number of benzene rings is 2. The maximum Gasteiger partial charge on any atom is 0.173 e. The molecule has 0 amide bonds. The van der Waals surface area contributed by atoms with Crippen LogP contribution in [0.1, 0.15) is 5.56 Å². The van der Waals surface area contributed by atoms with Gasteiger partial charge in [0, 0.05) is 11.1 Å². The summed E-state index contributed by atoms with van der Waals surface area (Å²) in [5.74, 6) is 2.03. The van der Waals surface area contributed by atoms with E-state index in [9.17, 15) is 5.11 Å². The second-order valence-corrected chi connectivity index (χ2v) is 4.96. The highest BCUT2D eigenvalue weighted by Crippen LogP contribution is 2.34. The van der Waals surface area contributed by atoms with Gasteiger partial charge in [-0.3, -0.25) is 0 Å². The van der Waals surface area contributed by atoms with Crippen LogP contribution in [-0.4, -0.2) is 24.5 Å². The Bertz CT molecular complexity index is 793. The monoisotopic (exact) mass is 311 g/mol. The number of hydrogen-bond acceptors (Lipinski definition) is 5. The summed E-state index contributed by atoms with van der Waals surface area (Å²) in [6.45, 7) is -0.169. The lowest BCUT2D eigenvalue weighted by Crippen LogP contribution is -1.90. The number of ether oxygens (including phenoxy) is 2. The molecule has 3 rings (SSSR count). The minimum atomic E-state index is -0.169. The van der Waals surface area contributed by atoms with Crippen LogP contribution in [0.5, 0.6) is 11.5 Å². The lowest BCUT2D eigenvalue weighted by molar-refractivity contribution is 0.281. The van der Waals surface area contributed by atoms with Crippen LogP contribution in [0.15, 0.2) is 53.1 Å². The third-order valence-corrected chi connectivity index (χ3v) is 3.64. The molecule has 5 heteroatoms. The summed E-state index contributed by atoms with van der Waals surface area (Å²) in [5, 5.41) is 13.9. The van der Waals surface area contributed by atoms with Crippen molar-refractivity contribution < 1.29 is 19.1 Å². The van der Waals surface area contributed by atoms with E-state index in [4.69, 9.17) is 14.0 Å². The zero-order valence-corrected chi connectivity index (χ0v) is 12.9. The van der Waals surface area contributed by atoms with Crippen LogP contribution in [0.4, 0.5) is 0 Å². The van der Waals surface area contributed by atoms with Crippen molar-refractivity contribution in [3.8, 4) is 34.1 Å². The molecule has 0 aliphatic carbocycles. The SMILES string of the molecule is COc1ccc(-c2onc(-c3cccc(OC)c3)c2CO)cc1. The van der Waals surface area contributed by atoms with Crippen LogP contribution < -0.4 is 9.47 Å². The predicted molar refractivity (Wildman–Crippen MR) is 86.4 cm³/mol. The smallest absolute Gasteiger partial charge is 0.173 e. The fourth-order valence-corrected chi connectivity index (χ4v) is 2.42. The van der Waals surface area contributed by atoms with Crippen molar-refractivity contribution in [2.45, 2.75) is 6.61 Å². The minimum absolute atomic E-state index is 0.169. The summed E-state index contributed by atoms with van der Waals surface area (Å²) in [6, 6.07) is 14.9. The van der Waals surface area contributed by atoms with Crippen LogP contribution in [0, 0.1) is 0 Å². The molecule has 0 spiro atoms. The van der Waals surface area contributed by atoms with Crippen molar-refractivity contribution in [1.82, 2.24) is 5.16 Å². The first-order valence-electron chi connectivity index (χ1n) is 7.15. The van der Waals surface area contributed by atoms with E-state index in [0.717, 1.165) is 22.6 Å². The standard InChI is InChI=1S/C18H17NO4/c1-21-14-8-6-12(7-9-14)18-16(11-20)17(19-23-18)13-4-3-5-15(10-13)22-2/h3-10,20H,11H2,1-2H3. The molecule has 0 saturated carbocycles. The van der Waals surface area contributed by atoms with E-state index in [-0.39, 0.29) is 6.61 Å². The number of nitrogens with zero attached hydrogens (tertiary/aromatic N) is 1. The normalized spacial score (nSPS) is 10.6. The molecule has 2 aromatic carbocycles. The molecule has 1 heterocycles. The lowest BCUT2D eigenvalue weighted by Gasteiger charge is -2.04. The number of hydrogen-bond donors (Lipinski definition) is 1.